The number of rotatable bonds is 10. The van der Waals surface area contributed by atoms with Crippen LogP contribution in [0.25, 0.3) is 0 Å². The average molecular weight is 599 g/mol. The molecule has 1 nitrogen and oxygen atoms in total. The van der Waals surface area contributed by atoms with Crippen molar-refractivity contribution in [3.8, 4) is 0 Å². The maximum Gasteiger partial charge on any atom is 0.460 e. The molecule has 0 rings (SSSR count). The first-order valence-corrected chi connectivity index (χ1v) is 7.49. The van der Waals surface area contributed by atoms with Crippen LogP contribution in [-0.4, -0.2) is 72.0 Å². The minimum absolute atomic E-state index is 3.94. The Bertz CT molecular complexity index is 802. The fourth-order valence-corrected chi connectivity index (χ4v) is 1.88. The van der Waals surface area contributed by atoms with Crippen LogP contribution in [0.2, 0.25) is 0 Å². The molecule has 0 unspecified atom stereocenters. The molecular formula is C12H2F23O. The normalized spacial score (nSPS) is 17.0. The number of halogens is 23. The van der Waals surface area contributed by atoms with Crippen LogP contribution in [0, 0.1) is 0 Å². The van der Waals surface area contributed by atoms with E-state index < -0.39 is 72.0 Å². The van der Waals surface area contributed by atoms with E-state index in [0.29, 0.717) is 0 Å². The van der Waals surface area contributed by atoms with Gasteiger partial charge >= 0.3 is 65.4 Å². The first-order chi connectivity index (χ1) is 15.1. The highest BCUT2D eigenvalue weighted by Crippen LogP contribution is 2.66. The summed E-state index contributed by atoms with van der Waals surface area (Å²) in [5, 5.41) is 9.79. The average Bonchev–Trinajstić information content (AvgIpc) is 2.65. The lowest BCUT2D eigenvalue weighted by Gasteiger charge is -2.45. The molecule has 0 saturated carbocycles. The molecule has 0 heterocycles. The van der Waals surface area contributed by atoms with Crippen molar-refractivity contribution in [3.05, 3.63) is 0 Å². The van der Waals surface area contributed by atoms with Crippen LogP contribution in [0.1, 0.15) is 0 Å². The van der Waals surface area contributed by atoms with Gasteiger partial charge in [0.15, 0.2) is 6.61 Å². The lowest BCUT2D eigenvalue weighted by atomic mass is 9.85. The largest absolute Gasteiger partial charge is 0.460 e. The van der Waals surface area contributed by atoms with Gasteiger partial charge in [-0.2, -0.15) is 101 Å². The molecule has 0 aromatic heterocycles. The summed E-state index contributed by atoms with van der Waals surface area (Å²) in [6.07, 6.45) is -8.10. The highest BCUT2D eigenvalue weighted by molar-refractivity contribution is 5.18. The number of hydrogen-bond donors (Lipinski definition) is 0. The van der Waals surface area contributed by atoms with E-state index in [0.717, 1.165) is 0 Å². The van der Waals surface area contributed by atoms with Crippen molar-refractivity contribution in [1.29, 1.82) is 0 Å². The van der Waals surface area contributed by atoms with Crippen molar-refractivity contribution in [1.82, 2.24) is 0 Å². The van der Waals surface area contributed by atoms with Gasteiger partial charge < -0.3 is 0 Å². The summed E-state index contributed by atoms with van der Waals surface area (Å²) >= 11 is 0. The summed E-state index contributed by atoms with van der Waals surface area (Å²) in [6, 6.07) is 0. The molecule has 0 spiro atoms. The Morgan fingerprint density at radius 2 is 0.444 bits per heavy atom. The number of hydrogen-bond acceptors (Lipinski definition) is 0. The van der Waals surface area contributed by atoms with E-state index in [1.54, 1.807) is 0 Å². The van der Waals surface area contributed by atoms with Crippen molar-refractivity contribution < 1.29 is 106 Å². The Balaban J connectivity index is 7.18. The van der Waals surface area contributed by atoms with Gasteiger partial charge in [-0.3, -0.25) is 0 Å². The summed E-state index contributed by atoms with van der Waals surface area (Å²) in [7, 11) is 0. The van der Waals surface area contributed by atoms with E-state index in [2.05, 4.69) is 0 Å². The summed E-state index contributed by atoms with van der Waals surface area (Å²) in [4.78, 5) is 0. The van der Waals surface area contributed by atoms with E-state index in [4.69, 9.17) is 0 Å². The van der Waals surface area contributed by atoms with E-state index in [1.165, 1.54) is 0 Å². The maximum atomic E-state index is 13.3. The van der Waals surface area contributed by atoms with Crippen LogP contribution < -0.4 is 0 Å². The van der Waals surface area contributed by atoms with Gasteiger partial charge in [0.1, 0.15) is 0 Å². The standard InChI is InChI=1S/C12H2F23O/c13-2(14,1-36)3(15,16)4(17,18)5(19,20)6(21,22)7(23,24)8(25,26)9(27,28)10(29,30)11(31,32)12(33,34)35/h1H2. The first kappa shape index (κ1) is 34.4. The summed E-state index contributed by atoms with van der Waals surface area (Å²) in [6.45, 7) is -3.94. The zero-order chi connectivity index (χ0) is 30.2. The quantitative estimate of drug-likeness (QED) is 0.235. The van der Waals surface area contributed by atoms with Crippen LogP contribution in [0.4, 0.5) is 101 Å². The Morgan fingerprint density at radius 1 is 0.278 bits per heavy atom. The van der Waals surface area contributed by atoms with E-state index >= 15 is 0 Å². The molecule has 0 atom stereocenters. The van der Waals surface area contributed by atoms with E-state index in [1.807, 2.05) is 0 Å². The van der Waals surface area contributed by atoms with Gasteiger partial charge in [0.25, 0.3) is 0 Å². The van der Waals surface area contributed by atoms with Gasteiger partial charge in [0.05, 0.1) is 0 Å². The minimum Gasteiger partial charge on any atom is -0.230 e. The van der Waals surface area contributed by atoms with Gasteiger partial charge in [0, 0.05) is 0 Å². The van der Waals surface area contributed by atoms with Crippen molar-refractivity contribution in [2.45, 2.75) is 65.4 Å². The van der Waals surface area contributed by atoms with Crippen LogP contribution in [0.3, 0.4) is 0 Å². The molecule has 217 valence electrons. The Kier molecular flexibility index (Phi) is 7.80. The molecule has 0 saturated heterocycles. The van der Waals surface area contributed by atoms with E-state index in [-0.39, 0.29) is 0 Å². The van der Waals surface area contributed by atoms with Crippen LogP contribution >= 0.6 is 0 Å². The molecule has 1 radical (unpaired) electrons. The predicted molar refractivity (Wildman–Crippen MR) is 61.1 cm³/mol. The van der Waals surface area contributed by atoms with Gasteiger partial charge in [-0.1, -0.05) is 0 Å². The molecule has 36 heavy (non-hydrogen) atoms. The molecule has 0 bridgehead atoms. The molecule has 0 aliphatic rings. The zero-order valence-electron chi connectivity index (χ0n) is 15.3. The minimum atomic E-state index is -9.43. The third kappa shape index (κ3) is 3.81. The second-order valence-corrected chi connectivity index (χ2v) is 6.52. The van der Waals surface area contributed by atoms with E-state index in [9.17, 15) is 106 Å². The van der Waals surface area contributed by atoms with Crippen LogP contribution in [0.15, 0.2) is 0 Å². The summed E-state index contributed by atoms with van der Waals surface area (Å²) < 4.78 is 297. The molecule has 0 aromatic rings. The van der Waals surface area contributed by atoms with Crippen LogP contribution in [0.5, 0.6) is 0 Å². The summed E-state index contributed by atoms with van der Waals surface area (Å²) in [5.74, 6) is -88.3. The highest BCUT2D eigenvalue weighted by atomic mass is 19.4. The van der Waals surface area contributed by atoms with Crippen molar-refractivity contribution in [3.63, 3.8) is 0 Å². The first-order valence-electron chi connectivity index (χ1n) is 7.49. The van der Waals surface area contributed by atoms with Gasteiger partial charge in [-0.15, -0.1) is 0 Å². The molecule has 0 aromatic carbocycles. The lowest BCUT2D eigenvalue weighted by molar-refractivity contribution is -0.479. The zero-order valence-corrected chi connectivity index (χ0v) is 15.3. The molecule has 24 heteroatoms. The SMILES string of the molecule is [O]CC(F)(F)C(F)(F)C(F)(F)C(F)(F)C(F)(F)C(F)(F)C(F)(F)C(F)(F)C(F)(F)C(F)(F)C(F)(F)F. The van der Waals surface area contributed by atoms with Crippen LogP contribution in [-0.2, 0) is 5.11 Å². The highest BCUT2D eigenvalue weighted by Gasteiger charge is 2.98. The van der Waals surface area contributed by atoms with Gasteiger partial charge in [-0.05, 0) is 0 Å². The monoisotopic (exact) mass is 599 g/mol. The molecule has 0 fully saturated rings. The van der Waals surface area contributed by atoms with Crippen molar-refractivity contribution >= 4 is 0 Å². The molecular weight excluding hydrogens is 597 g/mol. The Labute approximate surface area is 179 Å². The van der Waals surface area contributed by atoms with Gasteiger partial charge in [-0.25, -0.2) is 5.11 Å². The van der Waals surface area contributed by atoms with Gasteiger partial charge in [0.2, 0.25) is 0 Å². The molecule has 0 aliphatic carbocycles. The second kappa shape index (κ2) is 8.17. The maximum absolute atomic E-state index is 13.3. The summed E-state index contributed by atoms with van der Waals surface area (Å²) in [5.41, 5.74) is 0. The number of alkyl halides is 23. The Hall–Kier alpha value is -1.65. The Morgan fingerprint density at radius 3 is 0.611 bits per heavy atom. The lowest BCUT2D eigenvalue weighted by Crippen LogP contribution is -2.77. The molecule has 0 aliphatic heterocycles. The topological polar surface area (TPSA) is 19.9 Å². The fourth-order valence-electron chi connectivity index (χ4n) is 1.88. The second-order valence-electron chi connectivity index (χ2n) is 6.52. The van der Waals surface area contributed by atoms with Crippen molar-refractivity contribution in [2.75, 3.05) is 6.61 Å². The predicted octanol–water partition coefficient (Wildman–Crippen LogP) is 7.33. The fraction of sp³-hybridized carbons (Fsp3) is 1.00. The third-order valence-corrected chi connectivity index (χ3v) is 4.15. The molecule has 0 amide bonds. The van der Waals surface area contributed by atoms with Crippen molar-refractivity contribution in [2.24, 2.45) is 0 Å². The molecule has 0 N–H and O–H groups in total. The smallest absolute Gasteiger partial charge is 0.230 e. The third-order valence-electron chi connectivity index (χ3n) is 4.15.